The van der Waals surface area contributed by atoms with Gasteiger partial charge in [0.25, 0.3) is 5.69 Å². The van der Waals surface area contributed by atoms with Gasteiger partial charge in [0.15, 0.2) is 11.6 Å². The molecule has 1 N–H and O–H groups in total. The topological polar surface area (TPSA) is 110 Å². The van der Waals surface area contributed by atoms with Gasteiger partial charge in [-0.25, -0.2) is 0 Å². The maximum Gasteiger partial charge on any atom is 0.270 e. The molecule has 1 amide bonds. The van der Waals surface area contributed by atoms with Gasteiger partial charge in [-0.1, -0.05) is 54.1 Å². The summed E-state index contributed by atoms with van der Waals surface area (Å²) in [6.07, 6.45) is 3.84. The van der Waals surface area contributed by atoms with Crippen LogP contribution < -0.4 is 10.2 Å². The number of fused-ring (bicyclic) bond motifs is 6. The van der Waals surface area contributed by atoms with Crippen molar-refractivity contribution in [1.82, 2.24) is 0 Å². The summed E-state index contributed by atoms with van der Waals surface area (Å²) >= 11 is 0. The number of hydrogen-bond donors (Lipinski definition) is 1. The first kappa shape index (κ1) is 22.8. The maximum atomic E-state index is 14.4. The second kappa shape index (κ2) is 7.96. The van der Waals surface area contributed by atoms with Gasteiger partial charge in [0.05, 0.1) is 22.9 Å². The highest BCUT2D eigenvalue weighted by Gasteiger charge is 2.69. The molecule has 8 heteroatoms. The minimum Gasteiger partial charge on any atom is -0.352 e. The summed E-state index contributed by atoms with van der Waals surface area (Å²) in [5, 5.41) is 14.4. The molecule has 3 heterocycles. The van der Waals surface area contributed by atoms with Crippen molar-refractivity contribution in [1.29, 1.82) is 0 Å². The van der Waals surface area contributed by atoms with Crippen molar-refractivity contribution in [3.8, 4) is 0 Å². The lowest BCUT2D eigenvalue weighted by molar-refractivity contribution is -0.384. The Morgan fingerprint density at radius 1 is 1.05 bits per heavy atom. The Morgan fingerprint density at radius 2 is 1.84 bits per heavy atom. The number of amides is 1. The molecule has 4 atom stereocenters. The van der Waals surface area contributed by atoms with E-state index in [1.807, 2.05) is 54.3 Å². The fourth-order valence-corrected chi connectivity index (χ4v) is 6.40. The Kier molecular flexibility index (Phi) is 4.91. The number of Topliss-reactive ketones (excluding diaryl/α,β-unsaturated/α-hetero) is 2. The van der Waals surface area contributed by atoms with Crippen LogP contribution in [0.25, 0.3) is 6.08 Å². The smallest absolute Gasteiger partial charge is 0.270 e. The van der Waals surface area contributed by atoms with E-state index in [-0.39, 0.29) is 22.9 Å². The van der Waals surface area contributed by atoms with Crippen LogP contribution in [-0.2, 0) is 15.0 Å². The van der Waals surface area contributed by atoms with Gasteiger partial charge in [-0.2, -0.15) is 0 Å². The van der Waals surface area contributed by atoms with Crippen molar-refractivity contribution in [3.05, 3.63) is 105 Å². The zero-order chi connectivity index (χ0) is 26.1. The van der Waals surface area contributed by atoms with Gasteiger partial charge >= 0.3 is 0 Å². The summed E-state index contributed by atoms with van der Waals surface area (Å²) in [5.74, 6) is -2.22. The van der Waals surface area contributed by atoms with E-state index in [0.29, 0.717) is 11.3 Å². The second-order valence-electron chi connectivity index (χ2n) is 9.85. The Labute approximate surface area is 212 Å². The predicted molar refractivity (Wildman–Crippen MR) is 139 cm³/mol. The molecule has 0 aromatic heterocycles. The van der Waals surface area contributed by atoms with Crippen molar-refractivity contribution >= 4 is 40.6 Å². The lowest BCUT2D eigenvalue weighted by Crippen LogP contribution is -2.51. The number of non-ortho nitro benzene ring substituents is 1. The molecule has 0 radical (unpaired) electrons. The molecule has 0 bridgehead atoms. The number of benzene rings is 3. The third-order valence-electron chi connectivity index (χ3n) is 7.83. The number of carbonyl (C=O) groups is 3. The van der Waals surface area contributed by atoms with E-state index in [1.54, 1.807) is 12.1 Å². The first-order chi connectivity index (χ1) is 17.7. The molecule has 3 aromatic carbocycles. The number of ketones is 2. The number of nitro benzene ring substituents is 1. The SMILES string of the molecule is CC(=O)[C@@H]1[C@H](C(=O)c2cccc([N+](=O)[O-])c2)[C@@]2(C(=O)Nc3ccccc32)[C@@H]2C=Cc3cc(C)ccc3N12. The summed E-state index contributed by atoms with van der Waals surface area (Å²) in [7, 11) is 0. The lowest BCUT2D eigenvalue weighted by Gasteiger charge is -2.37. The molecule has 0 unspecified atom stereocenters. The molecule has 1 fully saturated rings. The van der Waals surface area contributed by atoms with E-state index in [9.17, 15) is 24.5 Å². The first-order valence-electron chi connectivity index (χ1n) is 12.0. The molecule has 3 aliphatic heterocycles. The average molecular weight is 494 g/mol. The van der Waals surface area contributed by atoms with Crippen LogP contribution in [0, 0.1) is 23.0 Å². The van der Waals surface area contributed by atoms with E-state index in [0.717, 1.165) is 16.8 Å². The number of carbonyl (C=O) groups excluding carboxylic acids is 3. The normalized spacial score (nSPS) is 24.9. The van der Waals surface area contributed by atoms with Crippen LogP contribution in [0.5, 0.6) is 0 Å². The zero-order valence-electron chi connectivity index (χ0n) is 20.2. The van der Waals surface area contributed by atoms with Crippen molar-refractivity contribution < 1.29 is 19.3 Å². The third-order valence-corrected chi connectivity index (χ3v) is 7.83. The van der Waals surface area contributed by atoms with Crippen molar-refractivity contribution in [2.45, 2.75) is 31.3 Å². The van der Waals surface area contributed by atoms with Crippen molar-refractivity contribution in [2.75, 3.05) is 10.2 Å². The monoisotopic (exact) mass is 493 g/mol. The van der Waals surface area contributed by atoms with E-state index in [2.05, 4.69) is 5.32 Å². The number of rotatable bonds is 4. The van der Waals surface area contributed by atoms with Gasteiger partial charge in [-0.3, -0.25) is 24.5 Å². The van der Waals surface area contributed by atoms with Gasteiger partial charge in [-0.05, 0) is 43.2 Å². The lowest BCUT2D eigenvalue weighted by atomic mass is 9.64. The second-order valence-corrected chi connectivity index (χ2v) is 9.85. The molecule has 0 saturated carbocycles. The molecule has 1 saturated heterocycles. The maximum absolute atomic E-state index is 14.4. The minimum atomic E-state index is -1.41. The molecular weight excluding hydrogens is 470 g/mol. The molecule has 184 valence electrons. The fourth-order valence-electron chi connectivity index (χ4n) is 6.40. The molecule has 6 rings (SSSR count). The van der Waals surface area contributed by atoms with Gasteiger partial charge in [0, 0.05) is 29.1 Å². The largest absolute Gasteiger partial charge is 0.352 e. The first-order valence-corrected chi connectivity index (χ1v) is 12.0. The molecule has 1 spiro atoms. The number of nitrogens with one attached hydrogen (secondary N) is 1. The molecular formula is C29H23N3O5. The Balaban J connectivity index is 1.64. The highest BCUT2D eigenvalue weighted by Crippen LogP contribution is 2.57. The van der Waals surface area contributed by atoms with Crippen LogP contribution in [-0.4, -0.2) is 34.5 Å². The van der Waals surface area contributed by atoms with Gasteiger partial charge in [0.2, 0.25) is 5.91 Å². The standard InChI is InChI=1S/C29H23N3O5/c1-16-10-12-23-18(14-16)11-13-24-29(21-8-3-4-9-22(21)30-28(29)35)25(26(17(2)33)31(23)24)27(34)19-6-5-7-20(15-19)32(36)37/h3-15,24-26H,1-2H3,(H,30,35)/t24-,25+,26+,29-/m0/s1. The highest BCUT2D eigenvalue weighted by atomic mass is 16.6. The van der Waals surface area contributed by atoms with E-state index in [4.69, 9.17) is 0 Å². The number of para-hydroxylation sites is 1. The molecule has 8 nitrogen and oxygen atoms in total. The number of anilines is 2. The zero-order valence-corrected chi connectivity index (χ0v) is 20.2. The van der Waals surface area contributed by atoms with Crippen LogP contribution >= 0.6 is 0 Å². The average Bonchev–Trinajstić information content (AvgIpc) is 3.36. The summed E-state index contributed by atoms with van der Waals surface area (Å²) in [6, 6.07) is 17.0. The molecule has 3 aromatic rings. The van der Waals surface area contributed by atoms with Gasteiger partial charge in [-0.15, -0.1) is 0 Å². The molecule has 3 aliphatic rings. The summed E-state index contributed by atoms with van der Waals surface area (Å²) < 4.78 is 0. The van der Waals surface area contributed by atoms with Gasteiger partial charge in [0.1, 0.15) is 5.41 Å². The summed E-state index contributed by atoms with van der Waals surface area (Å²) in [6.45, 7) is 3.41. The summed E-state index contributed by atoms with van der Waals surface area (Å²) in [4.78, 5) is 54.6. The van der Waals surface area contributed by atoms with E-state index >= 15 is 0 Å². The van der Waals surface area contributed by atoms with Crippen molar-refractivity contribution in [2.24, 2.45) is 5.92 Å². The predicted octanol–water partition coefficient (Wildman–Crippen LogP) is 4.47. The van der Waals surface area contributed by atoms with Crippen molar-refractivity contribution in [3.63, 3.8) is 0 Å². The van der Waals surface area contributed by atoms with Crippen LogP contribution in [0.3, 0.4) is 0 Å². The Morgan fingerprint density at radius 3 is 2.59 bits per heavy atom. The number of nitro groups is 1. The van der Waals surface area contributed by atoms with Gasteiger partial charge < -0.3 is 10.2 Å². The molecule has 37 heavy (non-hydrogen) atoms. The van der Waals surface area contributed by atoms with E-state index < -0.39 is 34.1 Å². The highest BCUT2D eigenvalue weighted by molar-refractivity contribution is 6.16. The Hall–Kier alpha value is -4.59. The number of aryl methyl sites for hydroxylation is 1. The number of hydrogen-bond acceptors (Lipinski definition) is 6. The Bertz CT molecular complexity index is 1560. The third kappa shape index (κ3) is 3.05. The van der Waals surface area contributed by atoms with Crippen LogP contribution in [0.4, 0.5) is 17.1 Å². The number of nitrogens with zero attached hydrogens (tertiary/aromatic N) is 2. The van der Waals surface area contributed by atoms with Crippen LogP contribution in [0.15, 0.2) is 72.8 Å². The minimum absolute atomic E-state index is 0.0926. The van der Waals surface area contributed by atoms with E-state index in [1.165, 1.54) is 31.2 Å². The van der Waals surface area contributed by atoms with Crippen LogP contribution in [0.1, 0.15) is 34.0 Å². The fraction of sp³-hybridized carbons (Fsp3) is 0.207. The quantitative estimate of drug-likeness (QED) is 0.326. The molecule has 0 aliphatic carbocycles. The van der Waals surface area contributed by atoms with Crippen LogP contribution in [0.2, 0.25) is 0 Å². The summed E-state index contributed by atoms with van der Waals surface area (Å²) in [5.41, 5.74) is 2.40.